The predicted octanol–water partition coefficient (Wildman–Crippen LogP) is 3.77. The van der Waals surface area contributed by atoms with Crippen molar-refractivity contribution in [2.75, 3.05) is 26.2 Å². The number of halogens is 3. The molecular weight excluding hydrogens is 294 g/mol. The Bertz CT molecular complexity index is 436. The summed E-state index contributed by atoms with van der Waals surface area (Å²) < 4.78 is 26.7. The summed E-state index contributed by atoms with van der Waals surface area (Å²) in [5.74, 6) is -1.08. The van der Waals surface area contributed by atoms with Gasteiger partial charge in [0.05, 0.1) is 0 Å². The maximum atomic E-state index is 13.6. The third kappa shape index (κ3) is 4.63. The van der Waals surface area contributed by atoms with Crippen LogP contribution in [0.4, 0.5) is 8.78 Å². The molecule has 0 amide bonds. The maximum absolute atomic E-state index is 13.6. The van der Waals surface area contributed by atoms with Crippen LogP contribution in [0.2, 0.25) is 0 Å². The van der Waals surface area contributed by atoms with Gasteiger partial charge in [0.25, 0.3) is 0 Å². The quantitative estimate of drug-likeness (QED) is 0.889. The molecule has 2 rings (SSSR count). The number of piperazine rings is 1. The Morgan fingerprint density at radius 3 is 2.43 bits per heavy atom. The number of hydrogen-bond donors (Lipinski definition) is 1. The molecule has 0 bridgehead atoms. The zero-order valence-corrected chi connectivity index (χ0v) is 13.6. The molecule has 0 spiro atoms. The molecule has 1 aliphatic rings. The standard InChI is InChI=1S/C16H24F2N2.ClH/c1-3-4-12(2)16(20-9-7-19-8-10-20)13-5-6-14(17)15(18)11-13;/h5-6,11-12,16,19H,3-4,7-10H2,1-2H3;1H/t12?,16-;/m0./s1. The van der Waals surface area contributed by atoms with Crippen LogP contribution in [0, 0.1) is 17.6 Å². The zero-order chi connectivity index (χ0) is 14.5. The van der Waals surface area contributed by atoms with Gasteiger partial charge in [-0.2, -0.15) is 0 Å². The first kappa shape index (κ1) is 18.3. The third-order valence-electron chi connectivity index (χ3n) is 4.11. The first-order chi connectivity index (χ1) is 9.63. The van der Waals surface area contributed by atoms with Crippen molar-refractivity contribution >= 4 is 12.4 Å². The molecule has 1 unspecified atom stereocenters. The van der Waals surface area contributed by atoms with E-state index in [2.05, 4.69) is 24.1 Å². The van der Waals surface area contributed by atoms with E-state index in [9.17, 15) is 8.78 Å². The molecule has 5 heteroatoms. The topological polar surface area (TPSA) is 15.3 Å². The van der Waals surface area contributed by atoms with E-state index in [4.69, 9.17) is 0 Å². The van der Waals surface area contributed by atoms with Gasteiger partial charge in [-0.3, -0.25) is 4.90 Å². The molecule has 0 saturated carbocycles. The van der Waals surface area contributed by atoms with Gasteiger partial charge in [0.2, 0.25) is 0 Å². The van der Waals surface area contributed by atoms with E-state index in [1.54, 1.807) is 6.07 Å². The molecule has 2 nitrogen and oxygen atoms in total. The summed E-state index contributed by atoms with van der Waals surface area (Å²) in [5, 5.41) is 3.34. The van der Waals surface area contributed by atoms with Crippen molar-refractivity contribution in [1.82, 2.24) is 10.2 Å². The Hall–Kier alpha value is -0.710. The molecule has 0 aromatic heterocycles. The largest absolute Gasteiger partial charge is 0.314 e. The summed E-state index contributed by atoms with van der Waals surface area (Å²) in [6.45, 7) is 8.20. The summed E-state index contributed by atoms with van der Waals surface area (Å²) in [7, 11) is 0. The van der Waals surface area contributed by atoms with E-state index in [1.165, 1.54) is 12.1 Å². The Kier molecular flexibility index (Phi) is 7.57. The van der Waals surface area contributed by atoms with Gasteiger partial charge in [0, 0.05) is 32.2 Å². The van der Waals surface area contributed by atoms with Gasteiger partial charge in [-0.05, 0) is 30.0 Å². The van der Waals surface area contributed by atoms with Crippen LogP contribution in [0.3, 0.4) is 0 Å². The monoisotopic (exact) mass is 318 g/mol. The SMILES string of the molecule is CCCC(C)[C@@H](c1ccc(F)c(F)c1)N1CCNCC1.Cl. The van der Waals surface area contributed by atoms with Crippen LogP contribution in [0.25, 0.3) is 0 Å². The fourth-order valence-electron chi connectivity index (χ4n) is 3.17. The molecule has 1 aromatic rings. The Labute approximate surface area is 132 Å². The fourth-order valence-corrected chi connectivity index (χ4v) is 3.17. The first-order valence-electron chi connectivity index (χ1n) is 7.53. The second kappa shape index (κ2) is 8.66. The van der Waals surface area contributed by atoms with Crippen molar-refractivity contribution in [3.8, 4) is 0 Å². The second-order valence-corrected chi connectivity index (χ2v) is 5.67. The summed E-state index contributed by atoms with van der Waals surface area (Å²) in [5.41, 5.74) is 0.895. The van der Waals surface area contributed by atoms with Crippen LogP contribution < -0.4 is 5.32 Å². The maximum Gasteiger partial charge on any atom is 0.159 e. The fraction of sp³-hybridized carbons (Fsp3) is 0.625. The number of benzene rings is 1. The van der Waals surface area contributed by atoms with Crippen LogP contribution >= 0.6 is 12.4 Å². The summed E-state index contributed by atoms with van der Waals surface area (Å²) in [6.07, 6.45) is 2.20. The predicted molar refractivity (Wildman–Crippen MR) is 84.9 cm³/mol. The van der Waals surface area contributed by atoms with Crippen LogP contribution in [-0.2, 0) is 0 Å². The highest BCUT2D eigenvalue weighted by Gasteiger charge is 2.27. The summed E-state index contributed by atoms with van der Waals surface area (Å²) >= 11 is 0. The molecule has 1 aromatic carbocycles. The molecule has 1 heterocycles. The van der Waals surface area contributed by atoms with Crippen molar-refractivity contribution in [2.45, 2.75) is 32.7 Å². The molecule has 2 atom stereocenters. The molecule has 120 valence electrons. The van der Waals surface area contributed by atoms with Gasteiger partial charge in [-0.15, -0.1) is 12.4 Å². The van der Waals surface area contributed by atoms with E-state index < -0.39 is 11.6 Å². The lowest BCUT2D eigenvalue weighted by molar-refractivity contribution is 0.125. The van der Waals surface area contributed by atoms with Gasteiger partial charge in [0.1, 0.15) is 0 Å². The van der Waals surface area contributed by atoms with Crippen molar-refractivity contribution in [3.05, 3.63) is 35.4 Å². The number of nitrogens with zero attached hydrogens (tertiary/aromatic N) is 1. The van der Waals surface area contributed by atoms with Gasteiger partial charge >= 0.3 is 0 Å². The van der Waals surface area contributed by atoms with Crippen LogP contribution in [-0.4, -0.2) is 31.1 Å². The normalized spacial score (nSPS) is 18.9. The highest BCUT2D eigenvalue weighted by molar-refractivity contribution is 5.85. The molecule has 1 saturated heterocycles. The minimum atomic E-state index is -0.768. The highest BCUT2D eigenvalue weighted by atomic mass is 35.5. The lowest BCUT2D eigenvalue weighted by Gasteiger charge is -2.38. The first-order valence-corrected chi connectivity index (χ1v) is 7.53. The zero-order valence-electron chi connectivity index (χ0n) is 12.7. The minimum Gasteiger partial charge on any atom is -0.314 e. The Balaban J connectivity index is 0.00000220. The van der Waals surface area contributed by atoms with Crippen molar-refractivity contribution in [1.29, 1.82) is 0 Å². The molecule has 21 heavy (non-hydrogen) atoms. The Morgan fingerprint density at radius 2 is 1.86 bits per heavy atom. The second-order valence-electron chi connectivity index (χ2n) is 5.67. The molecule has 0 aliphatic carbocycles. The van der Waals surface area contributed by atoms with Crippen molar-refractivity contribution in [2.24, 2.45) is 5.92 Å². The molecule has 1 fully saturated rings. The molecule has 0 radical (unpaired) electrons. The van der Waals surface area contributed by atoms with E-state index in [0.717, 1.165) is 44.6 Å². The van der Waals surface area contributed by atoms with Gasteiger partial charge in [-0.1, -0.05) is 26.3 Å². The van der Waals surface area contributed by atoms with Crippen LogP contribution in [0.1, 0.15) is 38.3 Å². The van der Waals surface area contributed by atoms with Crippen LogP contribution in [0.5, 0.6) is 0 Å². The van der Waals surface area contributed by atoms with Crippen molar-refractivity contribution in [3.63, 3.8) is 0 Å². The van der Waals surface area contributed by atoms with E-state index in [1.807, 2.05) is 0 Å². The van der Waals surface area contributed by atoms with Gasteiger partial charge in [-0.25, -0.2) is 8.78 Å². The van der Waals surface area contributed by atoms with E-state index in [0.29, 0.717) is 5.92 Å². The summed E-state index contributed by atoms with van der Waals surface area (Å²) in [4.78, 5) is 2.39. The molecular formula is C16H25ClF2N2. The number of nitrogens with one attached hydrogen (secondary N) is 1. The van der Waals surface area contributed by atoms with E-state index in [-0.39, 0.29) is 18.4 Å². The molecule has 1 aliphatic heterocycles. The average molecular weight is 319 g/mol. The van der Waals surface area contributed by atoms with Gasteiger partial charge in [0.15, 0.2) is 11.6 Å². The summed E-state index contributed by atoms with van der Waals surface area (Å²) in [6, 6.07) is 4.52. The Morgan fingerprint density at radius 1 is 1.19 bits per heavy atom. The average Bonchev–Trinajstić information content (AvgIpc) is 2.44. The van der Waals surface area contributed by atoms with Gasteiger partial charge < -0.3 is 5.32 Å². The highest BCUT2D eigenvalue weighted by Crippen LogP contribution is 2.32. The number of hydrogen-bond acceptors (Lipinski definition) is 2. The van der Waals surface area contributed by atoms with E-state index >= 15 is 0 Å². The molecule has 1 N–H and O–H groups in total. The smallest absolute Gasteiger partial charge is 0.159 e. The third-order valence-corrected chi connectivity index (χ3v) is 4.11. The van der Waals surface area contributed by atoms with Crippen LogP contribution in [0.15, 0.2) is 18.2 Å². The lowest BCUT2D eigenvalue weighted by atomic mass is 9.89. The lowest BCUT2D eigenvalue weighted by Crippen LogP contribution is -2.46. The van der Waals surface area contributed by atoms with Crippen molar-refractivity contribution < 1.29 is 8.78 Å². The number of rotatable bonds is 5. The minimum absolute atomic E-state index is 0.